The number of imide groups is 1. The molecule has 8 heteroatoms. The van der Waals surface area contributed by atoms with Crippen LogP contribution < -0.4 is 0 Å². The summed E-state index contributed by atoms with van der Waals surface area (Å²) < 4.78 is 5.45. The molecule has 0 N–H and O–H groups in total. The lowest BCUT2D eigenvalue weighted by atomic mass is 10.0. The van der Waals surface area contributed by atoms with Gasteiger partial charge in [0.05, 0.1) is 11.1 Å². The maximum atomic E-state index is 13.1. The minimum atomic E-state index is -0.928. The number of hydrogen-bond acceptors (Lipinski definition) is 6. The molecule has 2 aromatic rings. The van der Waals surface area contributed by atoms with Gasteiger partial charge in [-0.2, -0.15) is 0 Å². The van der Waals surface area contributed by atoms with Gasteiger partial charge in [0.25, 0.3) is 17.7 Å². The molecule has 0 spiro atoms. The number of rotatable bonds is 4. The van der Waals surface area contributed by atoms with Crippen LogP contribution in [-0.2, 0) is 20.9 Å². The molecule has 5 rings (SSSR count). The molecule has 156 valence electrons. The molecule has 0 aliphatic carbocycles. The van der Waals surface area contributed by atoms with E-state index in [4.69, 9.17) is 4.74 Å². The van der Waals surface area contributed by atoms with E-state index in [0.29, 0.717) is 16.9 Å². The predicted octanol–water partition coefficient (Wildman–Crippen LogP) is 2.58. The smallest absolute Gasteiger partial charge is 0.355 e. The molecule has 0 aromatic heterocycles. The molecular formula is C23H18N2O5S. The van der Waals surface area contributed by atoms with Crippen LogP contribution in [0.2, 0.25) is 0 Å². The number of carbonyl (C=O) groups excluding carboxylic acids is 4. The third-order valence-corrected chi connectivity index (χ3v) is 7.05. The lowest BCUT2D eigenvalue weighted by Crippen LogP contribution is -2.71. The number of amides is 3. The normalized spacial score (nSPS) is 22.3. The molecule has 3 aliphatic rings. The van der Waals surface area contributed by atoms with Crippen molar-refractivity contribution in [1.82, 2.24) is 9.80 Å². The van der Waals surface area contributed by atoms with E-state index in [1.165, 1.54) is 16.7 Å². The van der Waals surface area contributed by atoms with Crippen LogP contribution in [0, 0.1) is 0 Å². The second-order valence-corrected chi connectivity index (χ2v) is 8.68. The van der Waals surface area contributed by atoms with Gasteiger partial charge < -0.3 is 4.74 Å². The summed E-state index contributed by atoms with van der Waals surface area (Å²) in [5.74, 6) is -1.47. The van der Waals surface area contributed by atoms with Crippen molar-refractivity contribution in [2.45, 2.75) is 24.9 Å². The van der Waals surface area contributed by atoms with Gasteiger partial charge in [0.1, 0.15) is 23.7 Å². The summed E-state index contributed by atoms with van der Waals surface area (Å²) in [5.41, 5.74) is 2.38. The zero-order valence-electron chi connectivity index (χ0n) is 16.6. The van der Waals surface area contributed by atoms with Crippen LogP contribution in [0.1, 0.15) is 33.2 Å². The van der Waals surface area contributed by atoms with Crippen molar-refractivity contribution in [2.75, 3.05) is 5.75 Å². The Kier molecular flexibility index (Phi) is 4.66. The average molecular weight is 434 g/mol. The molecule has 2 aromatic carbocycles. The number of nitrogens with zero attached hydrogens (tertiary/aromatic N) is 2. The number of thioether (sulfide) groups is 1. The Labute approximate surface area is 182 Å². The number of ether oxygens (including phenoxy) is 1. The van der Waals surface area contributed by atoms with Crippen molar-refractivity contribution >= 4 is 35.5 Å². The number of benzene rings is 2. The summed E-state index contributed by atoms with van der Waals surface area (Å²) >= 11 is 1.43. The summed E-state index contributed by atoms with van der Waals surface area (Å²) in [6.07, 6.45) is 0. The van der Waals surface area contributed by atoms with Crippen LogP contribution in [0.5, 0.6) is 0 Å². The fraction of sp³-hybridized carbons (Fsp3) is 0.217. The van der Waals surface area contributed by atoms with Crippen molar-refractivity contribution < 1.29 is 23.9 Å². The van der Waals surface area contributed by atoms with E-state index >= 15 is 0 Å². The molecule has 3 amide bonds. The first-order valence-corrected chi connectivity index (χ1v) is 10.9. The van der Waals surface area contributed by atoms with Gasteiger partial charge in [-0.1, -0.05) is 42.5 Å². The van der Waals surface area contributed by atoms with Gasteiger partial charge in [0, 0.05) is 5.75 Å². The number of carbonyl (C=O) groups is 4. The van der Waals surface area contributed by atoms with Gasteiger partial charge in [-0.3, -0.25) is 24.2 Å². The highest BCUT2D eigenvalue weighted by Crippen LogP contribution is 2.44. The maximum Gasteiger partial charge on any atom is 0.355 e. The van der Waals surface area contributed by atoms with Crippen molar-refractivity contribution in [3.05, 3.63) is 82.6 Å². The summed E-state index contributed by atoms with van der Waals surface area (Å²) in [7, 11) is 0. The summed E-state index contributed by atoms with van der Waals surface area (Å²) in [5, 5.41) is -0.502. The molecule has 3 aliphatic heterocycles. The van der Waals surface area contributed by atoms with E-state index < -0.39 is 35.1 Å². The van der Waals surface area contributed by atoms with Gasteiger partial charge in [0.2, 0.25) is 0 Å². The number of hydrogen-bond donors (Lipinski definition) is 0. The molecule has 2 atom stereocenters. The Morgan fingerprint density at radius 2 is 1.58 bits per heavy atom. The first-order valence-electron chi connectivity index (χ1n) is 9.81. The van der Waals surface area contributed by atoms with Crippen LogP contribution in [0.15, 0.2) is 65.9 Å². The highest BCUT2D eigenvalue weighted by Gasteiger charge is 2.59. The van der Waals surface area contributed by atoms with E-state index in [2.05, 4.69) is 0 Å². The van der Waals surface area contributed by atoms with Crippen molar-refractivity contribution in [1.29, 1.82) is 0 Å². The van der Waals surface area contributed by atoms with Crippen LogP contribution in [0.3, 0.4) is 0 Å². The Hall–Kier alpha value is -3.39. The summed E-state index contributed by atoms with van der Waals surface area (Å²) in [6.45, 7) is 1.88. The molecule has 0 unspecified atom stereocenters. The van der Waals surface area contributed by atoms with Crippen molar-refractivity contribution in [2.24, 2.45) is 0 Å². The maximum absolute atomic E-state index is 13.1. The molecule has 7 nitrogen and oxygen atoms in total. The van der Waals surface area contributed by atoms with E-state index in [1.807, 2.05) is 30.3 Å². The lowest BCUT2D eigenvalue weighted by molar-refractivity contribution is -0.154. The highest BCUT2D eigenvalue weighted by atomic mass is 32.2. The van der Waals surface area contributed by atoms with Gasteiger partial charge in [-0.25, -0.2) is 4.79 Å². The third-order valence-electron chi connectivity index (χ3n) is 5.64. The highest BCUT2D eigenvalue weighted by molar-refractivity contribution is 8.00. The monoisotopic (exact) mass is 434 g/mol. The first-order chi connectivity index (χ1) is 15.0. The zero-order valence-corrected chi connectivity index (χ0v) is 17.4. The Bertz CT molecular complexity index is 1120. The minimum Gasteiger partial charge on any atom is -0.456 e. The van der Waals surface area contributed by atoms with Crippen molar-refractivity contribution in [3.63, 3.8) is 0 Å². The fourth-order valence-corrected chi connectivity index (χ4v) is 5.44. The molecule has 0 radical (unpaired) electrons. The molecule has 1 fully saturated rings. The largest absolute Gasteiger partial charge is 0.456 e. The Morgan fingerprint density at radius 1 is 0.968 bits per heavy atom. The van der Waals surface area contributed by atoms with Crippen LogP contribution in [0.4, 0.5) is 0 Å². The second-order valence-electron chi connectivity index (χ2n) is 7.57. The molecule has 1 saturated heterocycles. The zero-order chi connectivity index (χ0) is 21.7. The number of fused-ring (bicyclic) bond motifs is 2. The van der Waals surface area contributed by atoms with Gasteiger partial charge in [-0.05, 0) is 30.2 Å². The minimum absolute atomic E-state index is 0.0954. The first kappa shape index (κ1) is 19.6. The van der Waals surface area contributed by atoms with E-state index in [1.54, 1.807) is 31.2 Å². The van der Waals surface area contributed by atoms with Gasteiger partial charge in [-0.15, -0.1) is 11.8 Å². The summed E-state index contributed by atoms with van der Waals surface area (Å²) in [6, 6.07) is 14.9. The topological polar surface area (TPSA) is 84.0 Å². The average Bonchev–Trinajstić information content (AvgIpc) is 3.03. The van der Waals surface area contributed by atoms with Crippen LogP contribution in [0.25, 0.3) is 0 Å². The quantitative estimate of drug-likeness (QED) is 0.418. The third kappa shape index (κ3) is 2.97. The Morgan fingerprint density at radius 3 is 2.23 bits per heavy atom. The lowest BCUT2D eigenvalue weighted by Gasteiger charge is -2.51. The van der Waals surface area contributed by atoms with Gasteiger partial charge in [0.15, 0.2) is 0 Å². The van der Waals surface area contributed by atoms with E-state index in [9.17, 15) is 19.2 Å². The van der Waals surface area contributed by atoms with E-state index in [-0.39, 0.29) is 12.3 Å². The molecule has 0 bridgehead atoms. The second kappa shape index (κ2) is 7.39. The Balaban J connectivity index is 1.36. The molecule has 0 saturated carbocycles. The fourth-order valence-electron chi connectivity index (χ4n) is 4.10. The van der Waals surface area contributed by atoms with Crippen LogP contribution in [-0.4, -0.2) is 50.7 Å². The standard InChI is InChI=1S/C23H18N2O5S/c1-13-12-31-22-18(24-19(26)15-9-5-6-10-16(15)20(24)27)21(28)25(22)17(13)23(29)30-11-14-7-3-2-4-8-14/h2-10,18,22H,11-12H2,1H3/t18-,22-/m0/s1. The summed E-state index contributed by atoms with van der Waals surface area (Å²) in [4.78, 5) is 54.0. The predicted molar refractivity (Wildman–Crippen MR) is 113 cm³/mol. The van der Waals surface area contributed by atoms with Crippen molar-refractivity contribution in [3.8, 4) is 0 Å². The van der Waals surface area contributed by atoms with E-state index in [0.717, 1.165) is 16.0 Å². The SMILES string of the molecule is CC1=C(C(=O)OCc2ccccc2)N2C(=O)[C@H](N3C(=O)c4ccccc4C3=O)[C@@H]2SC1. The van der Waals surface area contributed by atoms with Gasteiger partial charge >= 0.3 is 5.97 Å². The number of esters is 1. The van der Waals surface area contributed by atoms with Crippen LogP contribution >= 0.6 is 11.8 Å². The molecule has 3 heterocycles. The molecular weight excluding hydrogens is 416 g/mol. The molecule has 31 heavy (non-hydrogen) atoms. The number of β-lactam (4-membered cyclic amide) rings is 1.